The van der Waals surface area contributed by atoms with E-state index in [4.69, 9.17) is 5.11 Å². The van der Waals surface area contributed by atoms with Crippen molar-refractivity contribution < 1.29 is 15.0 Å². The number of nitrogens with zero attached hydrogens (tertiary/aromatic N) is 2. The van der Waals surface area contributed by atoms with E-state index >= 15 is 0 Å². The van der Waals surface area contributed by atoms with E-state index in [0.29, 0.717) is 17.9 Å². The van der Waals surface area contributed by atoms with Gasteiger partial charge < -0.3 is 15.1 Å². The van der Waals surface area contributed by atoms with E-state index in [1.165, 1.54) is 5.56 Å². The summed E-state index contributed by atoms with van der Waals surface area (Å²) in [4.78, 5) is 17.9. The SMILES string of the molecule is CCc1ccc(-c2cc(C)nc(N(C)CCO)c2C(=O)O)cc1. The van der Waals surface area contributed by atoms with E-state index in [-0.39, 0.29) is 12.2 Å². The number of benzene rings is 1. The number of carboxylic acids is 1. The number of aromatic carboxylic acids is 1. The van der Waals surface area contributed by atoms with E-state index in [1.807, 2.05) is 31.2 Å². The number of hydrogen-bond acceptors (Lipinski definition) is 4. The minimum atomic E-state index is -1.02. The van der Waals surface area contributed by atoms with Crippen LogP contribution >= 0.6 is 0 Å². The first kappa shape index (κ1) is 17.0. The summed E-state index contributed by atoms with van der Waals surface area (Å²) in [7, 11) is 1.73. The minimum absolute atomic E-state index is 0.0638. The molecule has 5 heteroatoms. The average Bonchev–Trinajstić information content (AvgIpc) is 2.54. The molecule has 2 aromatic rings. The number of aryl methyl sites for hydroxylation is 2. The maximum Gasteiger partial charge on any atom is 0.340 e. The van der Waals surface area contributed by atoms with Gasteiger partial charge in [0.25, 0.3) is 0 Å². The van der Waals surface area contributed by atoms with Crippen molar-refractivity contribution in [2.24, 2.45) is 0 Å². The predicted molar refractivity (Wildman–Crippen MR) is 91.1 cm³/mol. The molecular weight excluding hydrogens is 292 g/mol. The van der Waals surface area contributed by atoms with Crippen molar-refractivity contribution in [3.8, 4) is 11.1 Å². The number of likely N-dealkylation sites (N-methyl/N-ethyl adjacent to an activating group) is 1. The predicted octanol–water partition coefficient (Wildman–Crippen LogP) is 2.75. The zero-order valence-corrected chi connectivity index (χ0v) is 13.7. The molecule has 0 saturated carbocycles. The fraction of sp³-hybridized carbons (Fsp3) is 0.333. The van der Waals surface area contributed by atoms with Crippen molar-refractivity contribution in [2.45, 2.75) is 20.3 Å². The van der Waals surface area contributed by atoms with Gasteiger partial charge in [0.2, 0.25) is 0 Å². The molecule has 23 heavy (non-hydrogen) atoms. The summed E-state index contributed by atoms with van der Waals surface area (Å²) in [5.74, 6) is -0.645. The quantitative estimate of drug-likeness (QED) is 0.857. The van der Waals surface area contributed by atoms with Gasteiger partial charge in [-0.15, -0.1) is 0 Å². The minimum Gasteiger partial charge on any atom is -0.478 e. The smallest absolute Gasteiger partial charge is 0.340 e. The van der Waals surface area contributed by atoms with Crippen LogP contribution in [-0.4, -0.2) is 41.4 Å². The first-order valence-electron chi connectivity index (χ1n) is 7.64. The normalized spacial score (nSPS) is 10.6. The number of hydrogen-bond donors (Lipinski definition) is 2. The van der Waals surface area contributed by atoms with Gasteiger partial charge in [-0.25, -0.2) is 9.78 Å². The molecule has 0 aliphatic heterocycles. The second-order valence-electron chi connectivity index (χ2n) is 5.51. The molecule has 0 fully saturated rings. The molecule has 0 radical (unpaired) electrons. The van der Waals surface area contributed by atoms with Crippen molar-refractivity contribution in [3.05, 3.63) is 47.2 Å². The Kier molecular flexibility index (Phi) is 5.34. The van der Waals surface area contributed by atoms with Crippen LogP contribution in [0.3, 0.4) is 0 Å². The van der Waals surface area contributed by atoms with Crippen LogP contribution in [0, 0.1) is 6.92 Å². The second kappa shape index (κ2) is 7.24. The van der Waals surface area contributed by atoms with Gasteiger partial charge in [-0.2, -0.15) is 0 Å². The van der Waals surface area contributed by atoms with E-state index in [9.17, 15) is 9.90 Å². The van der Waals surface area contributed by atoms with Crippen molar-refractivity contribution in [1.29, 1.82) is 0 Å². The Bertz CT molecular complexity index is 696. The van der Waals surface area contributed by atoms with Crippen molar-refractivity contribution in [2.75, 3.05) is 25.1 Å². The van der Waals surface area contributed by atoms with E-state index in [2.05, 4.69) is 11.9 Å². The summed E-state index contributed by atoms with van der Waals surface area (Å²) >= 11 is 0. The molecule has 0 aliphatic rings. The molecule has 0 unspecified atom stereocenters. The number of aliphatic hydroxyl groups excluding tert-OH is 1. The number of aliphatic hydroxyl groups is 1. The van der Waals surface area contributed by atoms with Gasteiger partial charge in [0.1, 0.15) is 11.4 Å². The van der Waals surface area contributed by atoms with Crippen molar-refractivity contribution >= 4 is 11.8 Å². The molecule has 1 aromatic carbocycles. The van der Waals surface area contributed by atoms with E-state index in [1.54, 1.807) is 18.0 Å². The average molecular weight is 314 g/mol. The van der Waals surface area contributed by atoms with Crippen LogP contribution in [-0.2, 0) is 6.42 Å². The lowest BCUT2D eigenvalue weighted by molar-refractivity contribution is 0.0698. The Labute approximate surface area is 136 Å². The highest BCUT2D eigenvalue weighted by atomic mass is 16.4. The van der Waals surface area contributed by atoms with Crippen molar-refractivity contribution in [1.82, 2.24) is 4.98 Å². The Morgan fingerprint density at radius 3 is 2.43 bits per heavy atom. The summed E-state index contributed by atoms with van der Waals surface area (Å²) in [5, 5.41) is 18.8. The van der Waals surface area contributed by atoms with Gasteiger partial charge in [-0.1, -0.05) is 31.2 Å². The van der Waals surface area contributed by atoms with Gasteiger partial charge in [0.05, 0.1) is 6.61 Å². The lowest BCUT2D eigenvalue weighted by Crippen LogP contribution is -2.25. The maximum absolute atomic E-state index is 11.8. The van der Waals surface area contributed by atoms with Crippen LogP contribution in [0.5, 0.6) is 0 Å². The lowest BCUT2D eigenvalue weighted by atomic mass is 9.98. The molecule has 1 aromatic heterocycles. The number of aromatic nitrogens is 1. The third-order valence-electron chi connectivity index (χ3n) is 3.81. The Balaban J connectivity index is 2.63. The van der Waals surface area contributed by atoms with E-state index < -0.39 is 5.97 Å². The first-order chi connectivity index (χ1) is 11.0. The third-order valence-corrected chi connectivity index (χ3v) is 3.81. The standard InChI is InChI=1S/C18H22N2O3/c1-4-13-5-7-14(8-6-13)15-11-12(2)19-17(16(15)18(22)23)20(3)9-10-21/h5-8,11,21H,4,9-10H2,1-3H3,(H,22,23). The van der Waals surface area contributed by atoms with Gasteiger partial charge >= 0.3 is 5.97 Å². The number of carbonyl (C=O) groups is 1. The molecule has 0 spiro atoms. The van der Waals surface area contributed by atoms with Crippen LogP contribution in [0.1, 0.15) is 28.5 Å². The zero-order chi connectivity index (χ0) is 17.0. The highest BCUT2D eigenvalue weighted by Gasteiger charge is 2.21. The Hall–Kier alpha value is -2.40. The number of anilines is 1. The maximum atomic E-state index is 11.8. The summed E-state index contributed by atoms with van der Waals surface area (Å²) in [6, 6.07) is 9.69. The summed E-state index contributed by atoms with van der Waals surface area (Å²) in [6.07, 6.45) is 0.936. The molecule has 0 bridgehead atoms. The largest absolute Gasteiger partial charge is 0.478 e. The van der Waals surface area contributed by atoms with Crippen LogP contribution in [0.15, 0.2) is 30.3 Å². The van der Waals surface area contributed by atoms with Crippen LogP contribution < -0.4 is 4.90 Å². The van der Waals surface area contributed by atoms with Gasteiger partial charge in [-0.05, 0) is 30.5 Å². The van der Waals surface area contributed by atoms with Gasteiger partial charge in [0.15, 0.2) is 0 Å². The number of pyridine rings is 1. The fourth-order valence-electron chi connectivity index (χ4n) is 2.55. The molecular formula is C18H22N2O3. The van der Waals surface area contributed by atoms with Crippen LogP contribution in [0.2, 0.25) is 0 Å². The Morgan fingerprint density at radius 1 is 1.26 bits per heavy atom. The van der Waals surface area contributed by atoms with Gasteiger partial charge in [-0.3, -0.25) is 0 Å². The Morgan fingerprint density at radius 2 is 1.91 bits per heavy atom. The monoisotopic (exact) mass is 314 g/mol. The zero-order valence-electron chi connectivity index (χ0n) is 13.7. The molecule has 0 amide bonds. The number of carboxylic acid groups (broad SMARTS) is 1. The molecule has 2 N–H and O–H groups in total. The third kappa shape index (κ3) is 3.68. The van der Waals surface area contributed by atoms with Crippen LogP contribution in [0.4, 0.5) is 5.82 Å². The number of rotatable bonds is 6. The summed E-state index contributed by atoms with van der Waals surface area (Å²) in [5.41, 5.74) is 3.60. The molecule has 1 heterocycles. The molecule has 2 rings (SSSR count). The van der Waals surface area contributed by atoms with Gasteiger partial charge in [0, 0.05) is 24.8 Å². The fourth-order valence-corrected chi connectivity index (χ4v) is 2.55. The topological polar surface area (TPSA) is 73.7 Å². The second-order valence-corrected chi connectivity index (χ2v) is 5.51. The molecule has 5 nitrogen and oxygen atoms in total. The molecule has 0 aliphatic carbocycles. The van der Waals surface area contributed by atoms with Crippen molar-refractivity contribution in [3.63, 3.8) is 0 Å². The van der Waals surface area contributed by atoms with Crippen LogP contribution in [0.25, 0.3) is 11.1 Å². The highest BCUT2D eigenvalue weighted by molar-refractivity contribution is 6.01. The highest BCUT2D eigenvalue weighted by Crippen LogP contribution is 2.31. The summed E-state index contributed by atoms with van der Waals surface area (Å²) in [6.45, 7) is 4.18. The molecule has 0 saturated heterocycles. The molecule has 0 atom stereocenters. The first-order valence-corrected chi connectivity index (χ1v) is 7.64. The summed E-state index contributed by atoms with van der Waals surface area (Å²) < 4.78 is 0. The van der Waals surface area contributed by atoms with E-state index in [0.717, 1.165) is 17.7 Å². The lowest BCUT2D eigenvalue weighted by Gasteiger charge is -2.21. The molecule has 122 valence electrons.